The summed E-state index contributed by atoms with van der Waals surface area (Å²) in [6.07, 6.45) is 3.48. The molecule has 4 N–H and O–H groups in total. The first-order chi connectivity index (χ1) is 17.5. The van der Waals surface area contributed by atoms with Crippen molar-refractivity contribution in [3.63, 3.8) is 0 Å². The molecule has 1 saturated heterocycles. The molecule has 37 heavy (non-hydrogen) atoms. The van der Waals surface area contributed by atoms with Gasteiger partial charge in [-0.2, -0.15) is 0 Å². The van der Waals surface area contributed by atoms with Crippen LogP contribution in [0.5, 0.6) is 0 Å². The van der Waals surface area contributed by atoms with Gasteiger partial charge >= 0.3 is 6.09 Å². The number of rotatable bonds is 4. The number of ether oxygens (including phenoxy) is 1. The Morgan fingerprint density at radius 1 is 1.11 bits per heavy atom. The molecule has 0 radical (unpaired) electrons. The molecule has 2 fully saturated rings. The van der Waals surface area contributed by atoms with Gasteiger partial charge in [-0.1, -0.05) is 0 Å². The van der Waals surface area contributed by atoms with Gasteiger partial charge in [0.1, 0.15) is 17.2 Å². The van der Waals surface area contributed by atoms with E-state index in [1.54, 1.807) is 17.0 Å². The number of aliphatic hydroxyl groups is 1. The molecule has 1 aromatic carbocycles. The van der Waals surface area contributed by atoms with Crippen molar-refractivity contribution in [3.8, 4) is 11.1 Å². The van der Waals surface area contributed by atoms with E-state index in [-0.39, 0.29) is 35.5 Å². The molecule has 1 aromatic heterocycles. The Morgan fingerprint density at radius 2 is 1.78 bits per heavy atom. The van der Waals surface area contributed by atoms with Gasteiger partial charge in [-0.25, -0.2) is 14.2 Å². The Bertz CT molecular complexity index is 1140. The van der Waals surface area contributed by atoms with Crippen LogP contribution in [-0.2, 0) is 4.74 Å². The van der Waals surface area contributed by atoms with E-state index in [1.807, 2.05) is 31.7 Å². The van der Waals surface area contributed by atoms with Crippen LogP contribution in [0.15, 0.2) is 30.5 Å². The van der Waals surface area contributed by atoms with Gasteiger partial charge < -0.3 is 30.7 Å². The van der Waals surface area contributed by atoms with Gasteiger partial charge in [0.15, 0.2) is 0 Å². The Labute approximate surface area is 216 Å². The minimum Gasteiger partial charge on any atom is -0.444 e. The first kappa shape index (κ1) is 26.7. The molecule has 9 nitrogen and oxygen atoms in total. The molecule has 200 valence electrons. The van der Waals surface area contributed by atoms with Crippen LogP contribution in [0.4, 0.5) is 20.7 Å². The minimum absolute atomic E-state index is 0.0363. The molecule has 2 aliphatic rings. The van der Waals surface area contributed by atoms with Crippen molar-refractivity contribution in [1.29, 1.82) is 0 Å². The van der Waals surface area contributed by atoms with Crippen LogP contribution in [0.2, 0.25) is 0 Å². The number of carbonyl (C=O) groups is 2. The van der Waals surface area contributed by atoms with Gasteiger partial charge in [0, 0.05) is 55.2 Å². The lowest BCUT2D eigenvalue weighted by Crippen LogP contribution is -2.50. The number of hydrogen-bond acceptors (Lipinski definition) is 7. The molecule has 0 atom stereocenters. The van der Waals surface area contributed by atoms with Crippen molar-refractivity contribution >= 4 is 23.5 Å². The highest BCUT2D eigenvalue weighted by Gasteiger charge is 2.27. The summed E-state index contributed by atoms with van der Waals surface area (Å²) in [6.45, 7) is 7.59. The number of halogens is 1. The normalized spacial score (nSPS) is 20.5. The molecule has 2 aromatic rings. The summed E-state index contributed by atoms with van der Waals surface area (Å²) in [4.78, 5) is 33.0. The largest absolute Gasteiger partial charge is 0.444 e. The van der Waals surface area contributed by atoms with E-state index in [1.165, 1.54) is 12.3 Å². The SMILES string of the molecule is CC(C)(C)OC(=O)N1CCN(c2ccc(-c3cnc(N)c(C(=O)NC4CCC(O)CC4)c3)c(F)c2)CC1. The molecule has 1 aliphatic carbocycles. The zero-order valence-electron chi connectivity index (χ0n) is 21.7. The highest BCUT2D eigenvalue weighted by molar-refractivity contribution is 5.99. The van der Waals surface area contributed by atoms with Crippen LogP contribution >= 0.6 is 0 Å². The van der Waals surface area contributed by atoms with Crippen LogP contribution in [0.3, 0.4) is 0 Å². The molecule has 2 heterocycles. The van der Waals surface area contributed by atoms with Crippen LogP contribution in [0.1, 0.15) is 56.8 Å². The number of piperazine rings is 1. The van der Waals surface area contributed by atoms with Crippen LogP contribution in [0, 0.1) is 5.82 Å². The number of aromatic nitrogens is 1. The number of nitrogens with one attached hydrogen (secondary N) is 1. The quantitative estimate of drug-likeness (QED) is 0.572. The number of nitrogens with two attached hydrogens (primary N) is 1. The molecule has 1 saturated carbocycles. The van der Waals surface area contributed by atoms with Gasteiger partial charge in [-0.05, 0) is 70.7 Å². The molecule has 1 aliphatic heterocycles. The van der Waals surface area contributed by atoms with E-state index in [0.29, 0.717) is 68.7 Å². The zero-order chi connectivity index (χ0) is 26.7. The number of anilines is 2. The summed E-state index contributed by atoms with van der Waals surface area (Å²) in [6, 6.07) is 6.48. The fraction of sp³-hybridized carbons (Fsp3) is 0.519. The molecule has 0 spiro atoms. The smallest absolute Gasteiger partial charge is 0.410 e. The van der Waals surface area contributed by atoms with Crippen LogP contribution < -0.4 is 16.0 Å². The molecular formula is C27H36FN5O4. The van der Waals surface area contributed by atoms with Crippen LogP contribution in [0.25, 0.3) is 11.1 Å². The van der Waals surface area contributed by atoms with Crippen molar-refractivity contribution in [1.82, 2.24) is 15.2 Å². The van der Waals surface area contributed by atoms with Gasteiger partial charge in [-0.15, -0.1) is 0 Å². The van der Waals surface area contributed by atoms with E-state index in [4.69, 9.17) is 10.5 Å². The van der Waals surface area contributed by atoms with E-state index in [9.17, 15) is 14.7 Å². The maximum atomic E-state index is 15.2. The number of hydrogen-bond donors (Lipinski definition) is 3. The topological polar surface area (TPSA) is 121 Å². The summed E-state index contributed by atoms with van der Waals surface area (Å²) in [5.41, 5.74) is 7.11. The van der Waals surface area contributed by atoms with Crippen molar-refractivity contribution in [2.24, 2.45) is 0 Å². The standard InChI is InChI=1S/C27H36FN5O4/c1-27(2,3)37-26(36)33-12-10-32(11-13-33)19-6-9-21(23(28)15-19)17-14-22(24(29)30-16-17)25(35)31-18-4-7-20(34)8-5-18/h6,9,14-16,18,20,34H,4-5,7-8,10-13H2,1-3H3,(H2,29,30)(H,31,35). The number of nitrogen functional groups attached to an aromatic ring is 1. The third-order valence-corrected chi connectivity index (χ3v) is 6.76. The fourth-order valence-corrected chi connectivity index (χ4v) is 4.70. The molecule has 2 amide bonds. The predicted octanol–water partition coefficient (Wildman–Crippen LogP) is 3.56. The van der Waals surface area contributed by atoms with Gasteiger partial charge in [0.2, 0.25) is 0 Å². The van der Waals surface area contributed by atoms with E-state index >= 15 is 4.39 Å². The van der Waals surface area contributed by atoms with Crippen LogP contribution in [-0.4, -0.2) is 70.9 Å². The number of amides is 2. The zero-order valence-corrected chi connectivity index (χ0v) is 21.7. The molecule has 10 heteroatoms. The number of benzene rings is 1. The van der Waals surface area contributed by atoms with Crippen molar-refractivity contribution in [2.45, 2.75) is 64.2 Å². The lowest BCUT2D eigenvalue weighted by Gasteiger charge is -2.36. The summed E-state index contributed by atoms with van der Waals surface area (Å²) >= 11 is 0. The average molecular weight is 514 g/mol. The first-order valence-corrected chi connectivity index (χ1v) is 12.8. The Hall–Kier alpha value is -3.40. The van der Waals surface area contributed by atoms with E-state index in [2.05, 4.69) is 10.3 Å². The molecule has 0 unspecified atom stereocenters. The number of pyridine rings is 1. The lowest BCUT2D eigenvalue weighted by atomic mass is 9.93. The lowest BCUT2D eigenvalue weighted by molar-refractivity contribution is 0.0240. The highest BCUT2D eigenvalue weighted by Crippen LogP contribution is 2.29. The molecular weight excluding hydrogens is 477 g/mol. The van der Waals surface area contributed by atoms with E-state index in [0.717, 1.165) is 0 Å². The van der Waals surface area contributed by atoms with Crippen molar-refractivity contribution in [2.75, 3.05) is 36.8 Å². The summed E-state index contributed by atoms with van der Waals surface area (Å²) in [5.74, 6) is -0.712. The Balaban J connectivity index is 1.43. The summed E-state index contributed by atoms with van der Waals surface area (Å²) in [7, 11) is 0. The van der Waals surface area contributed by atoms with Gasteiger partial charge in [0.25, 0.3) is 5.91 Å². The monoisotopic (exact) mass is 513 g/mol. The highest BCUT2D eigenvalue weighted by atomic mass is 19.1. The number of carbonyl (C=O) groups excluding carboxylic acids is 2. The first-order valence-electron chi connectivity index (χ1n) is 12.8. The third-order valence-electron chi connectivity index (χ3n) is 6.76. The third kappa shape index (κ3) is 6.68. The molecule has 0 bridgehead atoms. The summed E-state index contributed by atoms with van der Waals surface area (Å²) < 4.78 is 20.7. The summed E-state index contributed by atoms with van der Waals surface area (Å²) in [5, 5.41) is 12.6. The number of aliphatic hydroxyl groups excluding tert-OH is 1. The van der Waals surface area contributed by atoms with E-state index < -0.39 is 11.4 Å². The second kappa shape index (κ2) is 10.9. The Morgan fingerprint density at radius 3 is 2.41 bits per heavy atom. The maximum absolute atomic E-state index is 15.2. The average Bonchev–Trinajstić information content (AvgIpc) is 2.85. The Kier molecular flexibility index (Phi) is 7.87. The second-order valence-electron chi connectivity index (χ2n) is 10.8. The van der Waals surface area contributed by atoms with Gasteiger partial charge in [-0.3, -0.25) is 4.79 Å². The fourth-order valence-electron chi connectivity index (χ4n) is 4.70. The van der Waals surface area contributed by atoms with Crippen molar-refractivity contribution in [3.05, 3.63) is 41.8 Å². The molecule has 4 rings (SSSR count). The minimum atomic E-state index is -0.551. The predicted molar refractivity (Wildman–Crippen MR) is 140 cm³/mol. The maximum Gasteiger partial charge on any atom is 0.410 e. The van der Waals surface area contributed by atoms with Gasteiger partial charge in [0.05, 0.1) is 11.7 Å². The number of nitrogens with zero attached hydrogens (tertiary/aromatic N) is 3. The van der Waals surface area contributed by atoms with Crippen molar-refractivity contribution < 1.29 is 23.8 Å². The second-order valence-corrected chi connectivity index (χ2v) is 10.8.